The molecule has 6 heteroatoms. The molecule has 0 fully saturated rings. The summed E-state index contributed by atoms with van der Waals surface area (Å²) in [5, 5.41) is 0. The molecule has 1 aliphatic rings. The van der Waals surface area contributed by atoms with Crippen LogP contribution in [0.5, 0.6) is 0 Å². The van der Waals surface area contributed by atoms with E-state index in [1.807, 2.05) is 10.8 Å². The molecule has 0 aromatic carbocycles. The average Bonchev–Trinajstić information content (AvgIpc) is 2.80. The van der Waals surface area contributed by atoms with E-state index in [-0.39, 0.29) is 6.17 Å². The first-order valence-electron chi connectivity index (χ1n) is 3.37. The molecular weight excluding hydrogens is 170 g/mol. The van der Waals surface area contributed by atoms with Crippen LogP contribution in [-0.2, 0) is 0 Å². The van der Waals surface area contributed by atoms with E-state index in [1.165, 1.54) is 16.7 Å². The number of imidazole rings is 1. The van der Waals surface area contributed by atoms with E-state index < -0.39 is 0 Å². The molecule has 12 heavy (non-hydrogen) atoms. The van der Waals surface area contributed by atoms with Gasteiger partial charge in [-0.1, -0.05) is 0 Å². The first-order valence-corrected chi connectivity index (χ1v) is 4.12. The summed E-state index contributed by atoms with van der Waals surface area (Å²) in [5.74, 6) is 0. The third-order valence-electron chi connectivity index (χ3n) is 1.34. The summed E-state index contributed by atoms with van der Waals surface area (Å²) in [6, 6.07) is 0. The molecule has 0 aliphatic carbocycles. The van der Waals surface area contributed by atoms with E-state index in [4.69, 9.17) is 0 Å². The number of nitrogens with zero attached hydrogens (tertiary/aromatic N) is 4. The van der Waals surface area contributed by atoms with E-state index in [0.29, 0.717) is 0 Å². The van der Waals surface area contributed by atoms with Crippen LogP contribution >= 0.6 is 9.80 Å². The zero-order valence-electron chi connectivity index (χ0n) is 6.63. The van der Waals surface area contributed by atoms with Crippen LogP contribution in [0.15, 0.2) is 28.7 Å². The van der Waals surface area contributed by atoms with Gasteiger partial charge in [-0.2, -0.15) is 0 Å². The molecule has 1 aromatic rings. The van der Waals surface area contributed by atoms with Crippen molar-refractivity contribution in [2.75, 3.05) is 0 Å². The van der Waals surface area contributed by atoms with E-state index in [0.717, 1.165) is 0 Å². The number of aromatic nitrogens is 2. The summed E-state index contributed by atoms with van der Waals surface area (Å²) in [7, 11) is 4.64. The molecule has 0 bridgehead atoms. The van der Waals surface area contributed by atoms with Crippen LogP contribution in [0.25, 0.3) is 0 Å². The Morgan fingerprint density at radius 3 is 2.75 bits per heavy atom. The van der Waals surface area contributed by atoms with Crippen molar-refractivity contribution >= 4 is 39.1 Å². The summed E-state index contributed by atoms with van der Waals surface area (Å²) >= 11 is 1.47. The Balaban J connectivity index is 0.000000336. The Kier molecular flexibility index (Phi) is 4.09. The molecule has 0 amide bonds. The summed E-state index contributed by atoms with van der Waals surface area (Å²) in [6.45, 7) is 0. The molecule has 4 nitrogen and oxygen atoms in total. The van der Waals surface area contributed by atoms with Crippen molar-refractivity contribution in [3.63, 3.8) is 0 Å². The SMILES string of the molecule is C1=NC=NC1n1ccnc1.[Li][Cl]. The van der Waals surface area contributed by atoms with Crippen LogP contribution in [0.4, 0.5) is 0 Å². The summed E-state index contributed by atoms with van der Waals surface area (Å²) in [6.07, 6.45) is 8.65. The fraction of sp³-hybridized carbons (Fsp3) is 0.167. The van der Waals surface area contributed by atoms with Crippen LogP contribution in [-0.4, -0.2) is 38.8 Å². The number of aliphatic imine (C=N–C) groups is 2. The minimum absolute atomic E-state index is 0.0301. The third-order valence-corrected chi connectivity index (χ3v) is 1.34. The fourth-order valence-electron chi connectivity index (χ4n) is 0.841. The molecular formula is C6H6ClLiN4. The predicted octanol–water partition coefficient (Wildman–Crippen LogP) is 0.803. The van der Waals surface area contributed by atoms with E-state index >= 15 is 0 Å². The summed E-state index contributed by atoms with van der Waals surface area (Å²) in [5.41, 5.74) is 0. The first-order chi connectivity index (χ1) is 5.97. The van der Waals surface area contributed by atoms with Crippen LogP contribution in [0, 0.1) is 0 Å². The van der Waals surface area contributed by atoms with Gasteiger partial charge in [0.05, 0.1) is 12.5 Å². The molecule has 1 atom stereocenters. The second kappa shape index (κ2) is 5.15. The number of halogens is 1. The second-order valence-electron chi connectivity index (χ2n) is 1.99. The van der Waals surface area contributed by atoms with Gasteiger partial charge in [0.1, 0.15) is 6.34 Å². The van der Waals surface area contributed by atoms with Crippen molar-refractivity contribution in [2.45, 2.75) is 6.17 Å². The maximum atomic E-state index is 4.64. The van der Waals surface area contributed by atoms with Crippen LogP contribution in [0.2, 0.25) is 0 Å². The van der Waals surface area contributed by atoms with Gasteiger partial charge in [0.15, 0.2) is 6.17 Å². The Bertz CT molecular complexity index is 257. The van der Waals surface area contributed by atoms with Crippen molar-refractivity contribution in [2.24, 2.45) is 9.98 Å². The summed E-state index contributed by atoms with van der Waals surface area (Å²) < 4.78 is 1.88. The molecule has 1 aliphatic heterocycles. The Labute approximate surface area is 83.7 Å². The molecule has 0 saturated carbocycles. The summed E-state index contributed by atoms with van der Waals surface area (Å²) in [4.78, 5) is 11.8. The van der Waals surface area contributed by atoms with E-state index in [2.05, 4.69) is 24.8 Å². The van der Waals surface area contributed by atoms with Gasteiger partial charge in [0.25, 0.3) is 0 Å². The number of hydrogen-bond donors (Lipinski definition) is 0. The normalized spacial score (nSPS) is 19.1. The molecule has 1 aromatic heterocycles. The molecule has 0 saturated heterocycles. The van der Waals surface area contributed by atoms with Crippen molar-refractivity contribution in [3.8, 4) is 0 Å². The molecule has 0 spiro atoms. The van der Waals surface area contributed by atoms with Gasteiger partial charge in [0, 0.05) is 12.4 Å². The molecule has 2 heterocycles. The molecule has 0 radical (unpaired) electrons. The van der Waals surface area contributed by atoms with E-state index in [1.54, 1.807) is 25.1 Å². The minimum atomic E-state index is 0.0301. The molecule has 2 rings (SSSR count). The van der Waals surface area contributed by atoms with Gasteiger partial charge in [0.2, 0.25) is 0 Å². The molecule has 58 valence electrons. The van der Waals surface area contributed by atoms with Crippen molar-refractivity contribution < 1.29 is 0 Å². The van der Waals surface area contributed by atoms with Crippen molar-refractivity contribution in [1.29, 1.82) is 0 Å². The number of rotatable bonds is 1. The van der Waals surface area contributed by atoms with Crippen molar-refractivity contribution in [3.05, 3.63) is 18.7 Å². The van der Waals surface area contributed by atoms with Crippen LogP contribution in [0.1, 0.15) is 6.17 Å². The zero-order chi connectivity index (χ0) is 8.81. The second-order valence-corrected chi connectivity index (χ2v) is 1.99. The predicted molar refractivity (Wildman–Crippen MR) is 49.9 cm³/mol. The van der Waals surface area contributed by atoms with Gasteiger partial charge in [-0.25, -0.2) is 15.0 Å². The number of hydrogen-bond acceptors (Lipinski definition) is 3. The van der Waals surface area contributed by atoms with Crippen molar-refractivity contribution in [1.82, 2.24) is 9.55 Å². The Morgan fingerprint density at radius 2 is 2.25 bits per heavy atom. The topological polar surface area (TPSA) is 42.5 Å². The monoisotopic (exact) mass is 176 g/mol. The zero-order valence-corrected chi connectivity index (χ0v) is 7.39. The van der Waals surface area contributed by atoms with Gasteiger partial charge in [-0.3, -0.25) is 0 Å². The van der Waals surface area contributed by atoms with Gasteiger partial charge in [-0.05, 0) is 0 Å². The van der Waals surface area contributed by atoms with Crippen LogP contribution in [0.3, 0.4) is 0 Å². The Hall–Kier alpha value is -0.563. The van der Waals surface area contributed by atoms with Crippen LogP contribution < -0.4 is 0 Å². The molecule has 0 N–H and O–H groups in total. The van der Waals surface area contributed by atoms with Gasteiger partial charge in [-0.15, -0.1) is 0 Å². The van der Waals surface area contributed by atoms with Gasteiger partial charge >= 0.3 is 26.5 Å². The quantitative estimate of drug-likeness (QED) is 0.584. The fourth-order valence-corrected chi connectivity index (χ4v) is 0.841. The van der Waals surface area contributed by atoms with Gasteiger partial charge < -0.3 is 4.57 Å². The standard InChI is InChI=1S/C6H6N4.ClH.Li/c1-2-10(5-7-1)6-3-8-4-9-6;;/h1-6H;1H;/q;;+1/p-1. The average molecular weight is 177 g/mol. The Morgan fingerprint density at radius 1 is 1.42 bits per heavy atom. The first kappa shape index (κ1) is 9.52. The maximum absolute atomic E-state index is 4.64. The van der Waals surface area contributed by atoms with E-state index in [9.17, 15) is 0 Å². The molecule has 1 unspecified atom stereocenters. The third kappa shape index (κ3) is 2.21.